The molecular weight excluding hydrogens is 142 g/mol. The van der Waals surface area contributed by atoms with E-state index in [4.69, 9.17) is 10.8 Å². The summed E-state index contributed by atoms with van der Waals surface area (Å²) < 4.78 is 0. The van der Waals surface area contributed by atoms with Crippen molar-refractivity contribution in [3.8, 4) is 0 Å². The van der Waals surface area contributed by atoms with E-state index in [2.05, 4.69) is 12.6 Å². The smallest absolute Gasteiger partial charge is 0.320 e. The number of thiol groups is 1. The average molecular weight is 149 g/mol. The van der Waals surface area contributed by atoms with Crippen molar-refractivity contribution < 1.29 is 14.7 Å². The highest BCUT2D eigenvalue weighted by atomic mass is 32.1. The van der Waals surface area contributed by atoms with Crippen LogP contribution < -0.4 is 5.73 Å². The summed E-state index contributed by atoms with van der Waals surface area (Å²) in [6.07, 6.45) is -0.224. The molecule has 0 aliphatic heterocycles. The second-order valence-corrected chi connectivity index (χ2v) is 2.04. The summed E-state index contributed by atoms with van der Waals surface area (Å²) in [6.45, 7) is 0. The summed E-state index contributed by atoms with van der Waals surface area (Å²) >= 11 is 3.35. The van der Waals surface area contributed by atoms with Crippen LogP contribution in [-0.4, -0.2) is 22.2 Å². The monoisotopic (exact) mass is 149 g/mol. The fraction of sp³-hybridized carbons (Fsp3) is 0.500. The first-order chi connectivity index (χ1) is 4.04. The van der Waals surface area contributed by atoms with E-state index >= 15 is 0 Å². The van der Waals surface area contributed by atoms with Gasteiger partial charge in [-0.2, -0.15) is 0 Å². The first kappa shape index (κ1) is 8.45. The molecule has 9 heavy (non-hydrogen) atoms. The van der Waals surface area contributed by atoms with Crippen LogP contribution in [0.1, 0.15) is 6.42 Å². The van der Waals surface area contributed by atoms with Crippen molar-refractivity contribution in [3.05, 3.63) is 0 Å². The maximum absolute atomic E-state index is 10.1. The maximum Gasteiger partial charge on any atom is 0.320 e. The average Bonchev–Trinajstić information content (AvgIpc) is 1.63. The van der Waals surface area contributed by atoms with E-state index in [1.165, 1.54) is 0 Å². The minimum atomic E-state index is -1.18. The van der Waals surface area contributed by atoms with Crippen molar-refractivity contribution in [1.29, 1.82) is 0 Å². The molecule has 0 aromatic heterocycles. The van der Waals surface area contributed by atoms with Gasteiger partial charge in [0.05, 0.1) is 0 Å². The van der Waals surface area contributed by atoms with Crippen LogP contribution >= 0.6 is 12.6 Å². The van der Waals surface area contributed by atoms with Crippen LogP contribution in [0, 0.1) is 0 Å². The predicted octanol–water partition coefficient (Wildman–Crippen LogP) is -0.755. The Balaban J connectivity index is 3.63. The molecule has 4 nitrogen and oxygen atoms in total. The van der Waals surface area contributed by atoms with Crippen LogP contribution in [0.4, 0.5) is 0 Å². The highest BCUT2D eigenvalue weighted by molar-refractivity contribution is 7.96. The van der Waals surface area contributed by atoms with Crippen molar-refractivity contribution in [2.24, 2.45) is 5.73 Å². The number of carboxylic acids is 1. The molecule has 0 bridgehead atoms. The fourth-order valence-electron chi connectivity index (χ4n) is 0.275. The van der Waals surface area contributed by atoms with Gasteiger partial charge in [0.2, 0.25) is 0 Å². The Morgan fingerprint density at radius 3 is 2.22 bits per heavy atom. The van der Waals surface area contributed by atoms with Crippen molar-refractivity contribution in [2.45, 2.75) is 12.5 Å². The van der Waals surface area contributed by atoms with Crippen LogP contribution in [0.15, 0.2) is 0 Å². The van der Waals surface area contributed by atoms with E-state index in [0.717, 1.165) is 0 Å². The lowest BCUT2D eigenvalue weighted by Crippen LogP contribution is -2.31. The third-order valence-corrected chi connectivity index (χ3v) is 0.894. The summed E-state index contributed by atoms with van der Waals surface area (Å²) in [7, 11) is 0. The van der Waals surface area contributed by atoms with Gasteiger partial charge in [-0.3, -0.25) is 9.59 Å². The van der Waals surface area contributed by atoms with Crippen LogP contribution in [-0.2, 0) is 9.59 Å². The van der Waals surface area contributed by atoms with Gasteiger partial charge in [0, 0.05) is 6.42 Å². The number of nitrogens with two attached hydrogens (primary N) is 1. The van der Waals surface area contributed by atoms with E-state index < -0.39 is 17.1 Å². The summed E-state index contributed by atoms with van der Waals surface area (Å²) in [4.78, 5) is 20.0. The summed E-state index contributed by atoms with van der Waals surface area (Å²) in [5.74, 6) is -1.18. The van der Waals surface area contributed by atoms with E-state index in [1.54, 1.807) is 0 Å². The molecule has 1 unspecified atom stereocenters. The van der Waals surface area contributed by atoms with E-state index in [9.17, 15) is 9.59 Å². The Hall–Kier alpha value is -0.550. The molecule has 0 saturated heterocycles. The molecule has 0 fully saturated rings. The van der Waals surface area contributed by atoms with Gasteiger partial charge < -0.3 is 10.8 Å². The maximum atomic E-state index is 10.1. The van der Waals surface area contributed by atoms with Gasteiger partial charge in [-0.1, -0.05) is 0 Å². The molecule has 5 heteroatoms. The number of hydrogen-bond acceptors (Lipinski definition) is 3. The van der Waals surface area contributed by atoms with Gasteiger partial charge in [-0.05, 0) is 0 Å². The topological polar surface area (TPSA) is 80.4 Å². The Kier molecular flexibility index (Phi) is 3.26. The van der Waals surface area contributed by atoms with Gasteiger partial charge in [-0.25, -0.2) is 0 Å². The standard InChI is InChI=1S/C4H7NO3S/c5-2(4(7)8)1-3(6)9/h2H,1,5H2,(H,6,9)(H,7,8). The summed E-state index contributed by atoms with van der Waals surface area (Å²) in [5.41, 5.74) is 4.95. The summed E-state index contributed by atoms with van der Waals surface area (Å²) in [6, 6.07) is -1.12. The molecule has 0 saturated carbocycles. The zero-order chi connectivity index (χ0) is 7.44. The Morgan fingerprint density at radius 1 is 1.67 bits per heavy atom. The molecule has 0 aromatic rings. The molecule has 0 spiro atoms. The Morgan fingerprint density at radius 2 is 2.11 bits per heavy atom. The predicted molar refractivity (Wildman–Crippen MR) is 34.2 cm³/mol. The molecule has 0 aliphatic rings. The van der Waals surface area contributed by atoms with Gasteiger partial charge in [-0.15, -0.1) is 12.6 Å². The van der Waals surface area contributed by atoms with Crippen molar-refractivity contribution >= 4 is 23.7 Å². The lowest BCUT2D eigenvalue weighted by atomic mass is 10.2. The van der Waals surface area contributed by atoms with Crippen LogP contribution in [0.3, 0.4) is 0 Å². The molecule has 1 atom stereocenters. The number of hydrogen-bond donors (Lipinski definition) is 3. The first-order valence-corrected chi connectivity index (χ1v) is 2.69. The van der Waals surface area contributed by atoms with Crippen molar-refractivity contribution in [3.63, 3.8) is 0 Å². The van der Waals surface area contributed by atoms with E-state index in [-0.39, 0.29) is 6.42 Å². The Bertz CT molecular complexity index is 136. The minimum Gasteiger partial charge on any atom is -0.480 e. The first-order valence-electron chi connectivity index (χ1n) is 2.24. The van der Waals surface area contributed by atoms with Crippen molar-refractivity contribution in [1.82, 2.24) is 0 Å². The molecule has 52 valence electrons. The lowest BCUT2D eigenvalue weighted by Gasteiger charge is -1.99. The Labute approximate surface area is 57.4 Å². The normalized spacial score (nSPS) is 12.7. The SMILES string of the molecule is NC(CC(=O)S)C(=O)O. The van der Waals surface area contributed by atoms with Gasteiger partial charge in [0.25, 0.3) is 0 Å². The van der Waals surface area contributed by atoms with Crippen LogP contribution in [0.25, 0.3) is 0 Å². The molecule has 3 N–H and O–H groups in total. The number of carboxylic acid groups (broad SMARTS) is 1. The van der Waals surface area contributed by atoms with Gasteiger partial charge >= 0.3 is 5.97 Å². The zero-order valence-corrected chi connectivity index (χ0v) is 5.47. The molecule has 0 amide bonds. The molecule has 0 radical (unpaired) electrons. The third-order valence-electron chi connectivity index (χ3n) is 0.712. The quantitative estimate of drug-likeness (QED) is 0.461. The second kappa shape index (κ2) is 3.47. The molecule has 0 heterocycles. The third kappa shape index (κ3) is 3.99. The number of rotatable bonds is 3. The highest BCUT2D eigenvalue weighted by Gasteiger charge is 2.13. The van der Waals surface area contributed by atoms with Crippen LogP contribution in [0.5, 0.6) is 0 Å². The van der Waals surface area contributed by atoms with Crippen LogP contribution in [0.2, 0.25) is 0 Å². The largest absolute Gasteiger partial charge is 0.480 e. The number of carbonyl (C=O) groups is 2. The van der Waals surface area contributed by atoms with Gasteiger partial charge in [0.15, 0.2) is 5.12 Å². The molecule has 0 aromatic carbocycles. The van der Waals surface area contributed by atoms with Gasteiger partial charge in [0.1, 0.15) is 6.04 Å². The second-order valence-electron chi connectivity index (χ2n) is 1.54. The van der Waals surface area contributed by atoms with Crippen molar-refractivity contribution in [2.75, 3.05) is 0 Å². The molecule has 0 rings (SSSR count). The number of carbonyl (C=O) groups excluding carboxylic acids is 1. The fourth-order valence-corrected chi connectivity index (χ4v) is 0.472. The molecule has 0 aliphatic carbocycles. The number of aliphatic carboxylic acids is 1. The minimum absolute atomic E-state index is 0.224. The van der Waals surface area contributed by atoms with E-state index in [0.29, 0.717) is 0 Å². The van der Waals surface area contributed by atoms with E-state index in [1.807, 2.05) is 0 Å². The molecular formula is C4H7NO3S. The summed E-state index contributed by atoms with van der Waals surface area (Å²) in [5, 5.41) is 7.61. The lowest BCUT2D eigenvalue weighted by molar-refractivity contribution is -0.139. The highest BCUT2D eigenvalue weighted by Crippen LogP contribution is 1.92. The zero-order valence-electron chi connectivity index (χ0n) is 4.57.